The van der Waals surface area contributed by atoms with Gasteiger partial charge in [0.25, 0.3) is 0 Å². The molecular weight excluding hydrogens is 300 g/mol. The lowest BCUT2D eigenvalue weighted by atomic mass is 10.2. The Morgan fingerprint density at radius 2 is 2.00 bits per heavy atom. The second kappa shape index (κ2) is 7.34. The van der Waals surface area contributed by atoms with Gasteiger partial charge in [0, 0.05) is 0 Å². The summed E-state index contributed by atoms with van der Waals surface area (Å²) in [6, 6.07) is 7.60. The van der Waals surface area contributed by atoms with Gasteiger partial charge in [-0.25, -0.2) is 0 Å². The number of benzene rings is 1. The molecule has 0 spiro atoms. The number of aromatic nitrogens is 4. The number of carboxylic acid groups (broad SMARTS) is 1. The highest BCUT2D eigenvalue weighted by Crippen LogP contribution is 2.12. The van der Waals surface area contributed by atoms with Gasteiger partial charge in [0.05, 0.1) is 5.69 Å². The van der Waals surface area contributed by atoms with Crippen LogP contribution in [0.5, 0.6) is 0 Å². The number of para-hydroxylation sites is 1. The first kappa shape index (κ1) is 16.4. The van der Waals surface area contributed by atoms with E-state index in [1.807, 2.05) is 30.3 Å². The molecule has 1 unspecified atom stereocenters. The van der Waals surface area contributed by atoms with Gasteiger partial charge in [0.15, 0.2) is 0 Å². The van der Waals surface area contributed by atoms with Crippen LogP contribution in [0.3, 0.4) is 0 Å². The fourth-order valence-electron chi connectivity index (χ4n) is 1.90. The second-order valence-electron chi connectivity index (χ2n) is 4.92. The first-order valence-electron chi connectivity index (χ1n) is 7.16. The van der Waals surface area contributed by atoms with Crippen LogP contribution in [0.1, 0.15) is 20.3 Å². The van der Waals surface area contributed by atoms with Crippen LogP contribution in [0.15, 0.2) is 30.3 Å². The molecule has 0 aliphatic heterocycles. The molecule has 2 aromatic rings. The van der Waals surface area contributed by atoms with E-state index in [-0.39, 0.29) is 0 Å². The van der Waals surface area contributed by atoms with Crippen molar-refractivity contribution in [1.82, 2.24) is 25.5 Å². The molecule has 1 amide bonds. The van der Waals surface area contributed by atoms with Crippen molar-refractivity contribution in [3.8, 4) is 5.69 Å². The average molecular weight is 318 g/mol. The number of carbonyl (C=O) groups excluding carboxylic acids is 1. The van der Waals surface area contributed by atoms with E-state index < -0.39 is 24.0 Å². The molecule has 9 nitrogen and oxygen atoms in total. The Bertz CT molecular complexity index is 672. The van der Waals surface area contributed by atoms with Gasteiger partial charge >= 0.3 is 5.97 Å². The third kappa shape index (κ3) is 4.02. The summed E-state index contributed by atoms with van der Waals surface area (Å²) >= 11 is 0. The van der Waals surface area contributed by atoms with Crippen LogP contribution in [0.2, 0.25) is 0 Å². The molecule has 1 aromatic heterocycles. The van der Waals surface area contributed by atoms with Gasteiger partial charge in [0.1, 0.15) is 12.1 Å². The molecule has 0 saturated carbocycles. The minimum absolute atomic E-state index is 0.307. The number of hydrogen-bond donors (Lipinski definition) is 3. The van der Waals surface area contributed by atoms with Crippen molar-refractivity contribution in [2.75, 3.05) is 5.32 Å². The molecule has 122 valence electrons. The molecule has 1 heterocycles. The van der Waals surface area contributed by atoms with Crippen molar-refractivity contribution in [1.29, 1.82) is 0 Å². The Morgan fingerprint density at radius 3 is 2.61 bits per heavy atom. The monoisotopic (exact) mass is 318 g/mol. The maximum absolute atomic E-state index is 12.1. The first-order chi connectivity index (χ1) is 11.0. The number of nitrogens with one attached hydrogen (secondary N) is 2. The summed E-state index contributed by atoms with van der Waals surface area (Å²) in [7, 11) is 0. The van der Waals surface area contributed by atoms with Gasteiger partial charge in [-0.1, -0.05) is 30.2 Å². The smallest absolute Gasteiger partial charge is 0.325 e. The summed E-state index contributed by atoms with van der Waals surface area (Å²) in [5, 5.41) is 25.6. The number of nitrogens with zero attached hydrogens (tertiary/aromatic N) is 4. The zero-order chi connectivity index (χ0) is 16.8. The molecule has 2 rings (SSSR count). The molecule has 0 radical (unpaired) electrons. The summed E-state index contributed by atoms with van der Waals surface area (Å²) in [4.78, 5) is 23.0. The first-order valence-corrected chi connectivity index (χ1v) is 7.16. The van der Waals surface area contributed by atoms with Gasteiger partial charge in [-0.15, -0.1) is 0 Å². The number of hydrogen-bond acceptors (Lipinski definition) is 6. The Hall–Kier alpha value is -2.97. The summed E-state index contributed by atoms with van der Waals surface area (Å²) in [6.45, 7) is 3.21. The van der Waals surface area contributed by atoms with Gasteiger partial charge < -0.3 is 15.7 Å². The summed E-state index contributed by atoms with van der Waals surface area (Å²) in [5.74, 6) is -1.21. The minimum atomic E-state index is -1.10. The van der Waals surface area contributed by atoms with Crippen LogP contribution in [0.4, 0.5) is 5.95 Å². The Labute approximate surface area is 132 Å². The van der Waals surface area contributed by atoms with E-state index in [2.05, 4.69) is 26.2 Å². The lowest BCUT2D eigenvalue weighted by Gasteiger charge is -2.18. The molecule has 0 aliphatic carbocycles. The Balaban J connectivity index is 2.13. The summed E-state index contributed by atoms with van der Waals surface area (Å²) in [6.07, 6.45) is 0.444. The van der Waals surface area contributed by atoms with E-state index in [9.17, 15) is 9.59 Å². The molecule has 0 saturated heterocycles. The number of anilines is 1. The summed E-state index contributed by atoms with van der Waals surface area (Å²) < 4.78 is 1.47. The SMILES string of the molecule is CCC(Nc1nnnn1-c1ccccc1)C(=O)N[C@H](C)C(=O)O. The normalized spacial score (nSPS) is 13.1. The molecule has 0 bridgehead atoms. The van der Waals surface area contributed by atoms with E-state index in [1.54, 1.807) is 6.92 Å². The van der Waals surface area contributed by atoms with Crippen LogP contribution >= 0.6 is 0 Å². The molecule has 1 aromatic carbocycles. The van der Waals surface area contributed by atoms with E-state index in [0.29, 0.717) is 12.4 Å². The van der Waals surface area contributed by atoms with Gasteiger partial charge in [0.2, 0.25) is 11.9 Å². The highest BCUT2D eigenvalue weighted by molar-refractivity contribution is 5.88. The van der Waals surface area contributed by atoms with E-state index in [1.165, 1.54) is 11.6 Å². The topological polar surface area (TPSA) is 122 Å². The Morgan fingerprint density at radius 1 is 1.30 bits per heavy atom. The third-order valence-corrected chi connectivity index (χ3v) is 3.23. The highest BCUT2D eigenvalue weighted by Gasteiger charge is 2.23. The number of aliphatic carboxylic acids is 1. The van der Waals surface area contributed by atoms with Crippen LogP contribution in [0, 0.1) is 0 Å². The van der Waals surface area contributed by atoms with Gasteiger partial charge in [-0.05, 0) is 35.9 Å². The van der Waals surface area contributed by atoms with Crippen LogP contribution in [-0.2, 0) is 9.59 Å². The molecule has 23 heavy (non-hydrogen) atoms. The number of carbonyl (C=O) groups is 2. The maximum Gasteiger partial charge on any atom is 0.325 e. The maximum atomic E-state index is 12.1. The van der Waals surface area contributed by atoms with Crippen LogP contribution in [-0.4, -0.2) is 49.3 Å². The minimum Gasteiger partial charge on any atom is -0.480 e. The number of rotatable bonds is 7. The fraction of sp³-hybridized carbons (Fsp3) is 0.357. The van der Waals surface area contributed by atoms with Crippen molar-refractivity contribution in [2.45, 2.75) is 32.4 Å². The lowest BCUT2D eigenvalue weighted by Crippen LogP contribution is -2.46. The highest BCUT2D eigenvalue weighted by atomic mass is 16.4. The fourth-order valence-corrected chi connectivity index (χ4v) is 1.90. The van der Waals surface area contributed by atoms with Crippen molar-refractivity contribution < 1.29 is 14.7 Å². The van der Waals surface area contributed by atoms with Crippen molar-refractivity contribution in [3.05, 3.63) is 30.3 Å². The quantitative estimate of drug-likeness (QED) is 0.677. The van der Waals surface area contributed by atoms with Gasteiger partial charge in [-0.2, -0.15) is 4.68 Å². The van der Waals surface area contributed by atoms with Crippen molar-refractivity contribution >= 4 is 17.8 Å². The summed E-state index contributed by atoms with van der Waals surface area (Å²) in [5.41, 5.74) is 0.745. The standard InChI is InChI=1S/C14H18N6O3/c1-3-11(12(21)15-9(2)13(22)23)16-14-17-18-19-20(14)10-7-5-4-6-8-10/h4-9,11H,3H2,1-2H3,(H,15,21)(H,22,23)(H,16,17,19)/t9-,11?/m1/s1. The van der Waals surface area contributed by atoms with Crippen molar-refractivity contribution in [3.63, 3.8) is 0 Å². The predicted molar refractivity (Wildman–Crippen MR) is 82.1 cm³/mol. The largest absolute Gasteiger partial charge is 0.480 e. The average Bonchev–Trinajstić information content (AvgIpc) is 3.01. The third-order valence-electron chi connectivity index (χ3n) is 3.23. The molecule has 0 fully saturated rings. The van der Waals surface area contributed by atoms with E-state index >= 15 is 0 Å². The number of tetrazole rings is 1. The molecule has 3 N–H and O–H groups in total. The van der Waals surface area contributed by atoms with Crippen molar-refractivity contribution in [2.24, 2.45) is 0 Å². The van der Waals surface area contributed by atoms with E-state index in [0.717, 1.165) is 5.69 Å². The molecular formula is C14H18N6O3. The zero-order valence-electron chi connectivity index (χ0n) is 12.8. The molecule has 0 aliphatic rings. The second-order valence-corrected chi connectivity index (χ2v) is 4.92. The van der Waals surface area contributed by atoms with E-state index in [4.69, 9.17) is 5.11 Å². The zero-order valence-corrected chi connectivity index (χ0v) is 12.8. The molecule has 2 atom stereocenters. The van der Waals surface area contributed by atoms with Crippen LogP contribution in [0.25, 0.3) is 5.69 Å². The number of amides is 1. The lowest BCUT2D eigenvalue weighted by molar-refractivity contribution is -0.141. The molecule has 9 heteroatoms. The predicted octanol–water partition coefficient (Wildman–Crippen LogP) is 0.442. The van der Waals surface area contributed by atoms with Gasteiger partial charge in [-0.3, -0.25) is 9.59 Å². The number of carboxylic acids is 1. The van der Waals surface area contributed by atoms with Crippen LogP contribution < -0.4 is 10.6 Å². The Kier molecular flexibility index (Phi) is 5.23.